The maximum atomic E-state index is 13.0. The molecule has 0 aliphatic rings. The first-order valence-electron chi connectivity index (χ1n) is 10.5. The van der Waals surface area contributed by atoms with Crippen molar-refractivity contribution in [2.45, 2.75) is 17.3 Å². The molecule has 0 aliphatic heterocycles. The third kappa shape index (κ3) is 4.63. The molecule has 3 heterocycles. The largest absolute Gasteiger partial charge is 0.361 e. The van der Waals surface area contributed by atoms with E-state index in [1.165, 1.54) is 17.1 Å². The number of hydrogen-bond acceptors (Lipinski definition) is 6. The number of para-hydroxylation sites is 2. The van der Waals surface area contributed by atoms with E-state index in [2.05, 4.69) is 36.6 Å². The van der Waals surface area contributed by atoms with Gasteiger partial charge in [-0.1, -0.05) is 53.4 Å². The van der Waals surface area contributed by atoms with Gasteiger partial charge in [-0.15, -0.1) is 5.10 Å². The molecule has 1 amide bonds. The first-order valence-corrected chi connectivity index (χ1v) is 11.5. The third-order valence-corrected chi connectivity index (χ3v) is 6.10. The molecule has 0 aliphatic carbocycles. The van der Waals surface area contributed by atoms with Crippen molar-refractivity contribution in [3.8, 4) is 5.69 Å². The summed E-state index contributed by atoms with van der Waals surface area (Å²) in [6, 6.07) is 19.6. The number of carbonyl (C=O) groups excluding carboxylic acids is 1. The van der Waals surface area contributed by atoms with Crippen LogP contribution >= 0.6 is 11.8 Å². The van der Waals surface area contributed by atoms with Crippen molar-refractivity contribution < 1.29 is 4.79 Å². The van der Waals surface area contributed by atoms with E-state index in [0.717, 1.165) is 16.8 Å². The molecule has 2 aromatic carbocycles. The van der Waals surface area contributed by atoms with Crippen LogP contribution in [0, 0.1) is 0 Å². The van der Waals surface area contributed by atoms with Gasteiger partial charge in [-0.3, -0.25) is 4.79 Å². The van der Waals surface area contributed by atoms with Crippen molar-refractivity contribution in [1.82, 2.24) is 35.3 Å². The van der Waals surface area contributed by atoms with Crippen LogP contribution in [0.5, 0.6) is 0 Å². The molecule has 0 spiro atoms. The Hall–Kier alpha value is -3.98. The second-order valence-corrected chi connectivity index (χ2v) is 8.26. The maximum Gasteiger partial charge on any atom is 0.273 e. The van der Waals surface area contributed by atoms with Gasteiger partial charge < -0.3 is 10.3 Å². The molecule has 3 aromatic heterocycles. The first kappa shape index (κ1) is 20.9. The van der Waals surface area contributed by atoms with Gasteiger partial charge in [-0.2, -0.15) is 0 Å². The number of nitrogens with one attached hydrogen (secondary N) is 2. The minimum atomic E-state index is -0.249. The number of nitrogens with zero attached hydrogens (tertiary/aromatic N) is 5. The Bertz CT molecular complexity index is 1370. The third-order valence-electron chi connectivity index (χ3n) is 5.21. The molecule has 0 fully saturated rings. The van der Waals surface area contributed by atoms with E-state index in [4.69, 9.17) is 0 Å². The average Bonchev–Trinajstić information content (AvgIpc) is 3.48. The Labute approximate surface area is 194 Å². The lowest BCUT2D eigenvalue weighted by molar-refractivity contribution is 0.0948. The number of benzene rings is 2. The van der Waals surface area contributed by atoms with Crippen LogP contribution in [0.2, 0.25) is 0 Å². The molecule has 33 heavy (non-hydrogen) atoms. The van der Waals surface area contributed by atoms with Gasteiger partial charge in [0.25, 0.3) is 5.91 Å². The Morgan fingerprint density at radius 2 is 1.79 bits per heavy atom. The molecule has 0 atom stereocenters. The van der Waals surface area contributed by atoms with E-state index in [9.17, 15) is 4.79 Å². The molecule has 2 N–H and O–H groups in total. The number of aromatic amines is 1. The predicted molar refractivity (Wildman–Crippen MR) is 127 cm³/mol. The molecule has 5 rings (SSSR count). The Morgan fingerprint density at radius 3 is 2.64 bits per heavy atom. The van der Waals surface area contributed by atoms with Crippen molar-refractivity contribution in [3.05, 3.63) is 96.2 Å². The van der Waals surface area contributed by atoms with Crippen molar-refractivity contribution in [1.29, 1.82) is 0 Å². The molecule has 164 valence electrons. The molecule has 0 saturated heterocycles. The van der Waals surface area contributed by atoms with E-state index in [1.54, 1.807) is 23.1 Å². The molecule has 5 aromatic rings. The van der Waals surface area contributed by atoms with Crippen LogP contribution in [0.3, 0.4) is 0 Å². The summed E-state index contributed by atoms with van der Waals surface area (Å²) in [7, 11) is 0. The van der Waals surface area contributed by atoms with Crippen LogP contribution in [0.15, 0.2) is 84.4 Å². The van der Waals surface area contributed by atoms with E-state index in [0.29, 0.717) is 35.3 Å². The van der Waals surface area contributed by atoms with Crippen LogP contribution in [-0.4, -0.2) is 42.4 Å². The second kappa shape index (κ2) is 9.66. The van der Waals surface area contributed by atoms with Gasteiger partial charge in [-0.25, -0.2) is 14.6 Å². The van der Waals surface area contributed by atoms with Crippen LogP contribution in [-0.2, 0) is 12.2 Å². The summed E-state index contributed by atoms with van der Waals surface area (Å²) in [6.07, 6.45) is 6.09. The lowest BCUT2D eigenvalue weighted by Crippen LogP contribution is -2.27. The van der Waals surface area contributed by atoms with Gasteiger partial charge in [0.15, 0.2) is 10.9 Å². The standard InChI is InChI=1S/C24H21N7OS/c32-23(25-14-11-17-15-28-20-10-5-4-9-19(17)20)22-21(16-33-24-26-12-6-13-27-24)31(30-29-22)18-7-2-1-3-8-18/h1-10,12-13,15,28H,11,14,16H2,(H,25,32). The second-order valence-electron chi connectivity index (χ2n) is 7.32. The number of amides is 1. The fraction of sp³-hybridized carbons (Fsp3) is 0.125. The van der Waals surface area contributed by atoms with Crippen molar-refractivity contribution in [2.24, 2.45) is 0 Å². The molecule has 0 radical (unpaired) electrons. The molecule has 0 saturated carbocycles. The summed E-state index contributed by atoms with van der Waals surface area (Å²) in [6.45, 7) is 0.493. The monoisotopic (exact) mass is 455 g/mol. The zero-order chi connectivity index (χ0) is 22.5. The predicted octanol–water partition coefficient (Wildman–Crippen LogP) is 3.80. The lowest BCUT2D eigenvalue weighted by atomic mass is 10.1. The highest BCUT2D eigenvalue weighted by molar-refractivity contribution is 7.98. The van der Waals surface area contributed by atoms with Crippen LogP contribution in [0.4, 0.5) is 0 Å². The topological polar surface area (TPSA) is 101 Å². The van der Waals surface area contributed by atoms with Gasteiger partial charge in [0.05, 0.1) is 11.4 Å². The number of H-pyrrole nitrogens is 1. The summed E-state index contributed by atoms with van der Waals surface area (Å²) < 4.78 is 1.70. The number of carbonyl (C=O) groups is 1. The summed E-state index contributed by atoms with van der Waals surface area (Å²) in [5.41, 5.74) is 4.10. The van der Waals surface area contributed by atoms with Gasteiger partial charge in [0.2, 0.25) is 0 Å². The first-order chi connectivity index (χ1) is 16.3. The van der Waals surface area contributed by atoms with Crippen molar-refractivity contribution in [2.75, 3.05) is 6.54 Å². The van der Waals surface area contributed by atoms with E-state index in [1.807, 2.05) is 54.7 Å². The van der Waals surface area contributed by atoms with E-state index < -0.39 is 0 Å². The average molecular weight is 456 g/mol. The van der Waals surface area contributed by atoms with Crippen molar-refractivity contribution >= 4 is 28.6 Å². The molecule has 8 nitrogen and oxygen atoms in total. The number of fused-ring (bicyclic) bond motifs is 1. The summed E-state index contributed by atoms with van der Waals surface area (Å²) in [5.74, 6) is 0.207. The molecule has 9 heteroatoms. The number of aromatic nitrogens is 6. The van der Waals surface area contributed by atoms with Gasteiger partial charge in [0.1, 0.15) is 0 Å². The summed E-state index contributed by atoms with van der Waals surface area (Å²) in [5, 5.41) is 13.3. The Kier molecular flexibility index (Phi) is 6.12. The SMILES string of the molecule is O=C(NCCc1c[nH]c2ccccc12)c1nnn(-c2ccccc2)c1CSc1ncccn1. The molecule has 0 unspecified atom stereocenters. The highest BCUT2D eigenvalue weighted by atomic mass is 32.2. The minimum absolute atomic E-state index is 0.249. The maximum absolute atomic E-state index is 13.0. The van der Waals surface area contributed by atoms with Crippen LogP contribution < -0.4 is 5.32 Å². The number of thioether (sulfide) groups is 1. The van der Waals surface area contributed by atoms with Crippen LogP contribution in [0.1, 0.15) is 21.7 Å². The van der Waals surface area contributed by atoms with Gasteiger partial charge in [0, 0.05) is 41.8 Å². The van der Waals surface area contributed by atoms with Crippen LogP contribution in [0.25, 0.3) is 16.6 Å². The summed E-state index contributed by atoms with van der Waals surface area (Å²) >= 11 is 1.43. The highest BCUT2D eigenvalue weighted by Gasteiger charge is 2.21. The number of rotatable bonds is 8. The fourth-order valence-corrected chi connectivity index (χ4v) is 4.41. The highest BCUT2D eigenvalue weighted by Crippen LogP contribution is 2.23. The fourth-order valence-electron chi connectivity index (χ4n) is 3.61. The summed E-state index contributed by atoms with van der Waals surface area (Å²) in [4.78, 5) is 24.8. The van der Waals surface area contributed by atoms with Gasteiger partial charge >= 0.3 is 0 Å². The zero-order valence-corrected chi connectivity index (χ0v) is 18.5. The minimum Gasteiger partial charge on any atom is -0.361 e. The van der Waals surface area contributed by atoms with E-state index >= 15 is 0 Å². The quantitative estimate of drug-likeness (QED) is 0.273. The lowest BCUT2D eigenvalue weighted by Gasteiger charge is -2.08. The number of hydrogen-bond donors (Lipinski definition) is 2. The normalized spacial score (nSPS) is 11.0. The van der Waals surface area contributed by atoms with Gasteiger partial charge in [-0.05, 0) is 36.2 Å². The zero-order valence-electron chi connectivity index (χ0n) is 17.7. The van der Waals surface area contributed by atoms with Crippen molar-refractivity contribution in [3.63, 3.8) is 0 Å². The molecular formula is C24H21N7OS. The Morgan fingerprint density at radius 1 is 1.00 bits per heavy atom. The Balaban J connectivity index is 1.33. The van der Waals surface area contributed by atoms with E-state index in [-0.39, 0.29) is 5.91 Å². The smallest absolute Gasteiger partial charge is 0.273 e. The molecule has 0 bridgehead atoms. The molecular weight excluding hydrogens is 434 g/mol.